The number of nitrogens with zero attached hydrogens (tertiary/aromatic N) is 5. The number of imidazole rings is 1. The molecule has 0 amide bonds. The third-order valence-corrected chi connectivity index (χ3v) is 5.27. The van der Waals surface area contributed by atoms with Gasteiger partial charge in [-0.05, 0) is 37.3 Å². The molecule has 1 atom stereocenters. The number of fused-ring (bicyclic) bond motifs is 2. The molecule has 1 aliphatic heterocycles. The van der Waals surface area contributed by atoms with Crippen LogP contribution in [-0.2, 0) is 12.6 Å². The third-order valence-electron chi connectivity index (χ3n) is 5.27. The van der Waals surface area contributed by atoms with Gasteiger partial charge in [0.25, 0.3) is 0 Å². The van der Waals surface area contributed by atoms with Crippen molar-refractivity contribution in [1.82, 2.24) is 24.6 Å². The molecule has 148 valence electrons. The first-order valence-electron chi connectivity index (χ1n) is 9.19. The van der Waals surface area contributed by atoms with Crippen LogP contribution in [0.5, 0.6) is 0 Å². The van der Waals surface area contributed by atoms with Crippen LogP contribution in [0, 0.1) is 6.92 Å². The number of rotatable bonds is 2. The van der Waals surface area contributed by atoms with Crippen LogP contribution < -0.4 is 4.90 Å². The highest BCUT2D eigenvalue weighted by molar-refractivity contribution is 5.54. The number of aryl methyl sites for hydroxylation is 1. The minimum atomic E-state index is -4.42. The molecular formula is C20H17F3N6. The molecule has 0 unspecified atom stereocenters. The Labute approximate surface area is 164 Å². The first kappa shape index (κ1) is 17.7. The second-order valence-corrected chi connectivity index (χ2v) is 7.09. The Morgan fingerprint density at radius 3 is 2.72 bits per heavy atom. The van der Waals surface area contributed by atoms with E-state index < -0.39 is 11.7 Å². The Hall–Kier alpha value is -3.36. The first-order chi connectivity index (χ1) is 13.9. The van der Waals surface area contributed by atoms with E-state index in [4.69, 9.17) is 5.10 Å². The van der Waals surface area contributed by atoms with Crippen LogP contribution in [0.25, 0.3) is 5.52 Å². The van der Waals surface area contributed by atoms with Gasteiger partial charge in [0.1, 0.15) is 11.9 Å². The Kier molecular flexibility index (Phi) is 3.87. The summed E-state index contributed by atoms with van der Waals surface area (Å²) in [6, 6.07) is 10.0. The lowest BCUT2D eigenvalue weighted by Crippen LogP contribution is -2.37. The number of aromatic nitrogens is 5. The Balaban J connectivity index is 1.61. The van der Waals surface area contributed by atoms with Gasteiger partial charge in [-0.3, -0.25) is 0 Å². The van der Waals surface area contributed by atoms with Crippen LogP contribution in [0.2, 0.25) is 0 Å². The molecule has 0 fully saturated rings. The average molecular weight is 398 g/mol. The van der Waals surface area contributed by atoms with Crippen LogP contribution in [0.3, 0.4) is 0 Å². The van der Waals surface area contributed by atoms with Crippen LogP contribution in [-0.4, -0.2) is 31.1 Å². The molecule has 1 aliphatic rings. The number of halogens is 3. The zero-order chi connectivity index (χ0) is 20.2. The van der Waals surface area contributed by atoms with Crippen LogP contribution in [0.1, 0.15) is 34.4 Å². The van der Waals surface area contributed by atoms with Crippen LogP contribution in [0.15, 0.2) is 48.9 Å². The predicted molar refractivity (Wildman–Crippen MR) is 101 cm³/mol. The Morgan fingerprint density at radius 2 is 2.00 bits per heavy atom. The highest BCUT2D eigenvalue weighted by Crippen LogP contribution is 2.37. The van der Waals surface area contributed by atoms with Gasteiger partial charge in [-0.1, -0.05) is 6.07 Å². The maximum atomic E-state index is 12.9. The van der Waals surface area contributed by atoms with Crippen molar-refractivity contribution in [3.05, 3.63) is 77.3 Å². The summed E-state index contributed by atoms with van der Waals surface area (Å²) in [7, 11) is 0. The van der Waals surface area contributed by atoms with E-state index in [9.17, 15) is 13.2 Å². The van der Waals surface area contributed by atoms with Gasteiger partial charge < -0.3 is 9.88 Å². The molecule has 0 aromatic carbocycles. The summed E-state index contributed by atoms with van der Waals surface area (Å²) in [4.78, 5) is 13.7. The fraction of sp³-hybridized carbons (Fsp3) is 0.250. The number of aromatic amines is 1. The van der Waals surface area contributed by atoms with Gasteiger partial charge in [0.15, 0.2) is 0 Å². The highest BCUT2D eigenvalue weighted by atomic mass is 19.4. The van der Waals surface area contributed by atoms with Crippen molar-refractivity contribution in [2.75, 3.05) is 11.4 Å². The van der Waals surface area contributed by atoms with Gasteiger partial charge in [0, 0.05) is 30.6 Å². The van der Waals surface area contributed by atoms with E-state index in [1.807, 2.05) is 40.6 Å². The van der Waals surface area contributed by atoms with Crippen LogP contribution in [0.4, 0.5) is 19.0 Å². The third kappa shape index (κ3) is 2.93. The Bertz CT molecular complexity index is 1180. The van der Waals surface area contributed by atoms with Gasteiger partial charge in [0.2, 0.25) is 0 Å². The van der Waals surface area contributed by atoms with Crippen molar-refractivity contribution in [3.8, 4) is 0 Å². The van der Waals surface area contributed by atoms with E-state index in [0.717, 1.165) is 40.6 Å². The molecule has 6 nitrogen and oxygen atoms in total. The number of nitrogens with one attached hydrogen (secondary N) is 1. The molecule has 0 radical (unpaired) electrons. The fourth-order valence-electron chi connectivity index (χ4n) is 3.85. The number of alkyl halides is 3. The summed E-state index contributed by atoms with van der Waals surface area (Å²) in [6.07, 6.45) is -1.20. The minimum Gasteiger partial charge on any atom is -0.348 e. The molecule has 4 aromatic rings. The number of H-pyrrole nitrogens is 1. The lowest BCUT2D eigenvalue weighted by Gasteiger charge is -2.35. The monoisotopic (exact) mass is 398 g/mol. The summed E-state index contributed by atoms with van der Waals surface area (Å²) in [5.41, 5.74) is 3.77. The Morgan fingerprint density at radius 1 is 1.14 bits per heavy atom. The van der Waals surface area contributed by atoms with Crippen LogP contribution >= 0.6 is 0 Å². The number of anilines is 1. The minimum absolute atomic E-state index is 0.339. The quantitative estimate of drug-likeness (QED) is 0.556. The topological polar surface area (TPSA) is 62.1 Å². The van der Waals surface area contributed by atoms with Gasteiger partial charge in [-0.25, -0.2) is 14.5 Å². The summed E-state index contributed by atoms with van der Waals surface area (Å²) < 4.78 is 40.7. The van der Waals surface area contributed by atoms with E-state index in [-0.39, 0.29) is 6.04 Å². The molecule has 0 saturated carbocycles. The second-order valence-electron chi connectivity index (χ2n) is 7.09. The van der Waals surface area contributed by atoms with E-state index in [1.54, 1.807) is 6.33 Å². The highest BCUT2D eigenvalue weighted by Gasteiger charge is 2.35. The molecule has 0 spiro atoms. The lowest BCUT2D eigenvalue weighted by molar-refractivity contribution is -0.137. The number of pyridine rings is 2. The van der Waals surface area contributed by atoms with Crippen molar-refractivity contribution in [1.29, 1.82) is 0 Å². The smallest absolute Gasteiger partial charge is 0.348 e. The molecular weight excluding hydrogens is 381 g/mol. The molecule has 1 N–H and O–H groups in total. The van der Waals surface area contributed by atoms with Crippen molar-refractivity contribution < 1.29 is 13.2 Å². The zero-order valence-electron chi connectivity index (χ0n) is 15.5. The van der Waals surface area contributed by atoms with Gasteiger partial charge in [-0.15, -0.1) is 0 Å². The lowest BCUT2D eigenvalue weighted by atomic mass is 9.99. The molecule has 0 saturated heterocycles. The van der Waals surface area contributed by atoms with Crippen molar-refractivity contribution in [2.24, 2.45) is 0 Å². The van der Waals surface area contributed by atoms with Crippen molar-refractivity contribution in [3.63, 3.8) is 0 Å². The van der Waals surface area contributed by atoms with Crippen molar-refractivity contribution >= 4 is 11.3 Å². The summed E-state index contributed by atoms with van der Waals surface area (Å²) >= 11 is 0. The summed E-state index contributed by atoms with van der Waals surface area (Å²) in [5, 5.41) is 4.76. The maximum Gasteiger partial charge on any atom is 0.417 e. The SMILES string of the molecule is Cc1cccc2cc([C@@H]3c4nc[nH]c4CCN3c3ccc(C(F)(F)F)cn3)nn12. The molecule has 4 aromatic heterocycles. The van der Waals surface area contributed by atoms with E-state index in [2.05, 4.69) is 15.0 Å². The summed E-state index contributed by atoms with van der Waals surface area (Å²) in [5.74, 6) is 0.463. The number of hydrogen-bond acceptors (Lipinski definition) is 4. The van der Waals surface area contributed by atoms with E-state index >= 15 is 0 Å². The first-order valence-corrected chi connectivity index (χ1v) is 9.19. The molecule has 29 heavy (non-hydrogen) atoms. The second kappa shape index (κ2) is 6.33. The number of hydrogen-bond donors (Lipinski definition) is 1. The molecule has 0 bridgehead atoms. The van der Waals surface area contributed by atoms with Gasteiger partial charge >= 0.3 is 6.18 Å². The molecule has 0 aliphatic carbocycles. The average Bonchev–Trinajstić information content (AvgIpc) is 3.34. The largest absolute Gasteiger partial charge is 0.417 e. The fourth-order valence-corrected chi connectivity index (χ4v) is 3.85. The van der Waals surface area contributed by atoms with E-state index in [0.29, 0.717) is 18.8 Å². The standard InChI is InChI=1S/C20H17F3N6/c1-12-3-2-4-14-9-16(27-29(12)14)19-18-15(25-11-26-18)7-8-28(19)17-6-5-13(10-24-17)20(21,22)23/h2-6,9-11,19H,7-8H2,1H3,(H,25,26)/t19-/m1/s1. The maximum absolute atomic E-state index is 12.9. The zero-order valence-corrected chi connectivity index (χ0v) is 15.5. The molecule has 5 heterocycles. The predicted octanol–water partition coefficient (Wildman–Crippen LogP) is 3.93. The normalized spacial score (nSPS) is 17.0. The molecule has 5 rings (SSSR count). The van der Waals surface area contributed by atoms with Gasteiger partial charge in [0.05, 0.1) is 28.8 Å². The van der Waals surface area contributed by atoms with E-state index in [1.165, 1.54) is 6.07 Å². The summed E-state index contributed by atoms with van der Waals surface area (Å²) in [6.45, 7) is 2.56. The van der Waals surface area contributed by atoms with Gasteiger partial charge in [-0.2, -0.15) is 18.3 Å². The molecule has 9 heteroatoms. The van der Waals surface area contributed by atoms with Crippen molar-refractivity contribution in [2.45, 2.75) is 25.6 Å².